The van der Waals surface area contributed by atoms with Gasteiger partial charge in [-0.05, 0) is 37.9 Å². The Labute approximate surface area is 118 Å². The van der Waals surface area contributed by atoms with Gasteiger partial charge < -0.3 is 5.32 Å². The van der Waals surface area contributed by atoms with Crippen LogP contribution >= 0.6 is 0 Å². The van der Waals surface area contributed by atoms with Crippen molar-refractivity contribution in [1.29, 1.82) is 0 Å². The number of hydrogen-bond donors (Lipinski definition) is 1. The van der Waals surface area contributed by atoms with Crippen LogP contribution in [0.3, 0.4) is 0 Å². The highest BCUT2D eigenvalue weighted by Gasteiger charge is 2.33. The maximum atomic E-state index is 12.5. The molecule has 0 aliphatic rings. The number of aromatic nitrogens is 2. The average molecular weight is 289 g/mol. The Balaban J connectivity index is 2.92. The molecule has 1 rings (SSSR count). The van der Waals surface area contributed by atoms with Gasteiger partial charge in [0.05, 0.1) is 5.69 Å². The van der Waals surface area contributed by atoms with Crippen LogP contribution in [0.2, 0.25) is 0 Å². The van der Waals surface area contributed by atoms with Gasteiger partial charge in [-0.15, -0.1) is 5.10 Å². The summed E-state index contributed by atoms with van der Waals surface area (Å²) in [5, 5.41) is 10.5. The number of nitrogens with one attached hydrogen (secondary N) is 1. The fraction of sp³-hybridized carbons (Fsp3) is 0.714. The minimum Gasteiger partial charge on any atom is -0.314 e. The fourth-order valence-corrected chi connectivity index (χ4v) is 2.35. The minimum atomic E-state index is -4.44. The summed E-state index contributed by atoms with van der Waals surface area (Å²) < 4.78 is 37.5. The van der Waals surface area contributed by atoms with E-state index in [1.165, 1.54) is 6.07 Å². The normalized spacial score (nSPS) is 15.4. The number of alkyl halides is 3. The van der Waals surface area contributed by atoms with Crippen LogP contribution in [-0.2, 0) is 6.18 Å². The molecule has 2 atom stereocenters. The smallest absolute Gasteiger partial charge is 0.314 e. The van der Waals surface area contributed by atoms with Crippen molar-refractivity contribution in [1.82, 2.24) is 15.5 Å². The van der Waals surface area contributed by atoms with Gasteiger partial charge in [0.1, 0.15) is 0 Å². The van der Waals surface area contributed by atoms with Crippen molar-refractivity contribution in [3.05, 3.63) is 23.5 Å². The SMILES string of the molecule is CCCNC(C)C(c1ccc(C(F)(F)F)nn1)C(C)C. The molecule has 1 N–H and O–H groups in total. The van der Waals surface area contributed by atoms with Gasteiger partial charge in [0.25, 0.3) is 0 Å². The number of hydrogen-bond acceptors (Lipinski definition) is 3. The van der Waals surface area contributed by atoms with E-state index in [0.717, 1.165) is 19.0 Å². The fourth-order valence-electron chi connectivity index (χ4n) is 2.35. The van der Waals surface area contributed by atoms with Crippen LogP contribution in [0.25, 0.3) is 0 Å². The first-order valence-corrected chi connectivity index (χ1v) is 6.91. The largest absolute Gasteiger partial charge is 0.435 e. The zero-order valence-electron chi connectivity index (χ0n) is 12.3. The number of rotatable bonds is 6. The predicted molar refractivity (Wildman–Crippen MR) is 72.4 cm³/mol. The van der Waals surface area contributed by atoms with Crippen molar-refractivity contribution in [2.45, 2.75) is 52.3 Å². The molecule has 114 valence electrons. The number of nitrogens with zero attached hydrogens (tertiary/aromatic N) is 2. The zero-order valence-corrected chi connectivity index (χ0v) is 12.3. The summed E-state index contributed by atoms with van der Waals surface area (Å²) in [5.41, 5.74) is -0.345. The summed E-state index contributed by atoms with van der Waals surface area (Å²) >= 11 is 0. The highest BCUT2D eigenvalue weighted by molar-refractivity contribution is 5.15. The second-order valence-electron chi connectivity index (χ2n) is 5.35. The molecule has 0 saturated heterocycles. The lowest BCUT2D eigenvalue weighted by atomic mass is 9.86. The van der Waals surface area contributed by atoms with Crippen LogP contribution in [0, 0.1) is 5.92 Å². The Morgan fingerprint density at radius 1 is 1.15 bits per heavy atom. The monoisotopic (exact) mass is 289 g/mol. The van der Waals surface area contributed by atoms with Gasteiger partial charge in [-0.25, -0.2) is 0 Å². The van der Waals surface area contributed by atoms with Crippen LogP contribution in [0.5, 0.6) is 0 Å². The van der Waals surface area contributed by atoms with Crippen molar-refractivity contribution >= 4 is 0 Å². The quantitative estimate of drug-likeness (QED) is 0.869. The van der Waals surface area contributed by atoms with Crippen LogP contribution in [0.15, 0.2) is 12.1 Å². The van der Waals surface area contributed by atoms with Crippen molar-refractivity contribution in [3.8, 4) is 0 Å². The molecule has 0 aromatic carbocycles. The Morgan fingerprint density at radius 2 is 1.80 bits per heavy atom. The van der Waals surface area contributed by atoms with Crippen LogP contribution in [0.1, 0.15) is 51.4 Å². The molecule has 3 nitrogen and oxygen atoms in total. The lowest BCUT2D eigenvalue weighted by Gasteiger charge is -2.27. The van der Waals surface area contributed by atoms with Crippen LogP contribution in [-0.4, -0.2) is 22.8 Å². The first-order chi connectivity index (χ1) is 9.27. The summed E-state index contributed by atoms with van der Waals surface area (Å²) in [6, 6.07) is 2.58. The molecule has 0 bridgehead atoms. The highest BCUT2D eigenvalue weighted by Crippen LogP contribution is 2.30. The zero-order chi connectivity index (χ0) is 15.3. The predicted octanol–water partition coefficient (Wildman–Crippen LogP) is 3.62. The molecule has 0 radical (unpaired) electrons. The average Bonchev–Trinajstić information content (AvgIpc) is 2.35. The van der Waals surface area contributed by atoms with Crippen LogP contribution < -0.4 is 5.32 Å². The molecular formula is C14H22F3N3. The van der Waals surface area contributed by atoms with E-state index in [0.29, 0.717) is 5.69 Å². The van der Waals surface area contributed by atoms with E-state index in [9.17, 15) is 13.2 Å². The van der Waals surface area contributed by atoms with E-state index in [-0.39, 0.29) is 17.9 Å². The molecule has 1 aromatic heterocycles. The van der Waals surface area contributed by atoms with E-state index in [4.69, 9.17) is 0 Å². The summed E-state index contributed by atoms with van der Waals surface area (Å²) in [6.07, 6.45) is -3.43. The Bertz CT molecular complexity index is 401. The van der Waals surface area contributed by atoms with Gasteiger partial charge >= 0.3 is 6.18 Å². The van der Waals surface area contributed by atoms with Gasteiger partial charge in [-0.3, -0.25) is 0 Å². The summed E-state index contributed by atoms with van der Waals surface area (Å²) in [6.45, 7) is 9.04. The molecule has 1 heterocycles. The van der Waals surface area contributed by atoms with Gasteiger partial charge in [0.15, 0.2) is 5.69 Å². The molecule has 0 fully saturated rings. The van der Waals surface area contributed by atoms with Gasteiger partial charge in [0, 0.05) is 12.0 Å². The van der Waals surface area contributed by atoms with E-state index in [1.807, 2.05) is 20.8 Å². The first kappa shape index (κ1) is 16.9. The van der Waals surface area contributed by atoms with E-state index < -0.39 is 11.9 Å². The molecule has 1 aromatic rings. The molecule has 2 unspecified atom stereocenters. The first-order valence-electron chi connectivity index (χ1n) is 6.91. The Kier molecular flexibility index (Phi) is 5.92. The molecular weight excluding hydrogens is 267 g/mol. The Hall–Kier alpha value is -1.17. The second kappa shape index (κ2) is 7.02. The third kappa shape index (κ3) is 4.44. The van der Waals surface area contributed by atoms with E-state index >= 15 is 0 Å². The van der Waals surface area contributed by atoms with E-state index in [2.05, 4.69) is 22.4 Å². The van der Waals surface area contributed by atoms with Gasteiger partial charge in [-0.1, -0.05) is 20.8 Å². The van der Waals surface area contributed by atoms with Crippen molar-refractivity contribution in [2.75, 3.05) is 6.54 Å². The van der Waals surface area contributed by atoms with Gasteiger partial charge in [-0.2, -0.15) is 18.3 Å². The van der Waals surface area contributed by atoms with Crippen LogP contribution in [0.4, 0.5) is 13.2 Å². The lowest BCUT2D eigenvalue weighted by Crippen LogP contribution is -2.35. The highest BCUT2D eigenvalue weighted by atomic mass is 19.4. The summed E-state index contributed by atoms with van der Waals surface area (Å²) in [4.78, 5) is 0. The van der Waals surface area contributed by atoms with Crippen molar-refractivity contribution in [2.24, 2.45) is 5.92 Å². The third-order valence-corrected chi connectivity index (χ3v) is 3.29. The van der Waals surface area contributed by atoms with Gasteiger partial charge in [0.2, 0.25) is 0 Å². The minimum absolute atomic E-state index is 0.0383. The van der Waals surface area contributed by atoms with Crippen molar-refractivity contribution < 1.29 is 13.2 Å². The van der Waals surface area contributed by atoms with Crippen molar-refractivity contribution in [3.63, 3.8) is 0 Å². The standard InChI is InChI=1S/C14H22F3N3/c1-5-8-18-10(4)13(9(2)3)11-6-7-12(20-19-11)14(15,16)17/h6-7,9-10,13,18H,5,8H2,1-4H3. The third-order valence-electron chi connectivity index (χ3n) is 3.29. The molecule has 20 heavy (non-hydrogen) atoms. The molecule has 0 amide bonds. The lowest BCUT2D eigenvalue weighted by molar-refractivity contribution is -0.141. The summed E-state index contributed by atoms with van der Waals surface area (Å²) in [5.74, 6) is 0.303. The maximum absolute atomic E-state index is 12.5. The second-order valence-corrected chi connectivity index (χ2v) is 5.35. The summed E-state index contributed by atoms with van der Waals surface area (Å²) in [7, 11) is 0. The molecule has 0 spiro atoms. The Morgan fingerprint density at radius 3 is 2.20 bits per heavy atom. The van der Waals surface area contributed by atoms with E-state index in [1.54, 1.807) is 0 Å². The molecule has 0 aliphatic carbocycles. The molecule has 0 aliphatic heterocycles. The molecule has 6 heteroatoms. The topological polar surface area (TPSA) is 37.8 Å². The maximum Gasteiger partial charge on any atom is 0.435 e. The number of halogens is 3. The molecule has 0 saturated carbocycles.